The minimum atomic E-state index is -0.294. The first-order chi connectivity index (χ1) is 11.5. The summed E-state index contributed by atoms with van der Waals surface area (Å²) in [5, 5.41) is 3.44. The zero-order valence-electron chi connectivity index (χ0n) is 12.3. The average molecular weight is 471 g/mol. The summed E-state index contributed by atoms with van der Waals surface area (Å²) in [4.78, 5) is 26.1. The monoisotopic (exact) mass is 470 g/mol. The van der Waals surface area contributed by atoms with E-state index in [0.29, 0.717) is 9.93 Å². The maximum Gasteiger partial charge on any atom is 0.295 e. The van der Waals surface area contributed by atoms with Gasteiger partial charge < -0.3 is 5.32 Å². The number of thioether (sulfide) groups is 1. The lowest BCUT2D eigenvalue weighted by atomic mass is 10.2. The second-order valence-electron chi connectivity index (χ2n) is 5.00. The van der Waals surface area contributed by atoms with E-state index in [0.717, 1.165) is 26.6 Å². The van der Waals surface area contributed by atoms with E-state index < -0.39 is 0 Å². The molecule has 0 unspecified atom stereocenters. The molecule has 4 nitrogen and oxygen atoms in total. The SMILES string of the molecule is O=C1S/C(=C/c2ccc(Cl)cc2)C(=O)N1CNc1ccc(I)cc1. The van der Waals surface area contributed by atoms with Crippen LogP contribution in [0.25, 0.3) is 6.08 Å². The van der Waals surface area contributed by atoms with E-state index in [4.69, 9.17) is 11.6 Å². The predicted octanol–water partition coefficient (Wildman–Crippen LogP) is 5.05. The van der Waals surface area contributed by atoms with Crippen molar-refractivity contribution in [2.45, 2.75) is 0 Å². The van der Waals surface area contributed by atoms with Crippen LogP contribution in [-0.2, 0) is 4.79 Å². The number of rotatable bonds is 4. The van der Waals surface area contributed by atoms with Crippen molar-refractivity contribution in [3.8, 4) is 0 Å². The van der Waals surface area contributed by atoms with Crippen molar-refractivity contribution in [1.29, 1.82) is 0 Å². The molecule has 1 fully saturated rings. The summed E-state index contributed by atoms with van der Waals surface area (Å²) in [6.45, 7) is 0.142. The summed E-state index contributed by atoms with van der Waals surface area (Å²) >= 11 is 9.01. The molecule has 2 aromatic carbocycles. The Bertz CT molecular complexity index is 806. The predicted molar refractivity (Wildman–Crippen MR) is 107 cm³/mol. The van der Waals surface area contributed by atoms with Gasteiger partial charge in [0.15, 0.2) is 0 Å². The van der Waals surface area contributed by atoms with Gasteiger partial charge in [-0.3, -0.25) is 14.5 Å². The van der Waals surface area contributed by atoms with Crippen LogP contribution in [0, 0.1) is 3.57 Å². The fourth-order valence-electron chi connectivity index (χ4n) is 2.08. The first kappa shape index (κ1) is 17.3. The highest BCUT2D eigenvalue weighted by Crippen LogP contribution is 2.32. The number of nitrogens with one attached hydrogen (secondary N) is 1. The molecular weight excluding hydrogens is 459 g/mol. The minimum Gasteiger partial charge on any atom is -0.367 e. The quantitative estimate of drug-likeness (QED) is 0.502. The molecule has 2 aromatic rings. The molecule has 0 aromatic heterocycles. The molecule has 1 aliphatic rings. The molecule has 1 saturated heterocycles. The van der Waals surface area contributed by atoms with Crippen molar-refractivity contribution in [2.24, 2.45) is 0 Å². The number of hydrogen-bond donors (Lipinski definition) is 1. The van der Waals surface area contributed by atoms with Crippen molar-refractivity contribution in [2.75, 3.05) is 12.0 Å². The van der Waals surface area contributed by atoms with Crippen LogP contribution < -0.4 is 5.32 Å². The zero-order valence-corrected chi connectivity index (χ0v) is 16.1. The van der Waals surface area contributed by atoms with Gasteiger partial charge in [0.05, 0.1) is 11.6 Å². The highest BCUT2D eigenvalue weighted by Gasteiger charge is 2.34. The van der Waals surface area contributed by atoms with E-state index in [9.17, 15) is 9.59 Å². The van der Waals surface area contributed by atoms with E-state index in [2.05, 4.69) is 27.9 Å². The number of amides is 2. The van der Waals surface area contributed by atoms with Crippen LogP contribution in [0.2, 0.25) is 5.02 Å². The minimum absolute atomic E-state index is 0.142. The average Bonchev–Trinajstić information content (AvgIpc) is 2.83. The normalized spacial score (nSPS) is 16.1. The van der Waals surface area contributed by atoms with Crippen molar-refractivity contribution in [1.82, 2.24) is 4.90 Å². The fourth-order valence-corrected chi connectivity index (χ4v) is 3.41. The van der Waals surface area contributed by atoms with Crippen LogP contribution in [0.4, 0.5) is 10.5 Å². The van der Waals surface area contributed by atoms with Crippen molar-refractivity contribution in [3.05, 3.63) is 67.6 Å². The third-order valence-electron chi connectivity index (χ3n) is 3.33. The Labute approximate surface area is 162 Å². The molecule has 3 rings (SSSR count). The number of benzene rings is 2. The molecule has 0 atom stereocenters. The number of carbonyl (C=O) groups is 2. The molecular formula is C17H12ClIN2O2S. The molecule has 2 amide bonds. The van der Waals surface area contributed by atoms with Gasteiger partial charge in [-0.05, 0) is 82.4 Å². The Morgan fingerprint density at radius 3 is 2.42 bits per heavy atom. The molecule has 0 aliphatic carbocycles. The van der Waals surface area contributed by atoms with Gasteiger partial charge in [0.25, 0.3) is 11.1 Å². The second kappa shape index (κ2) is 7.58. The number of halogens is 2. The van der Waals surface area contributed by atoms with E-state index in [-0.39, 0.29) is 17.8 Å². The number of nitrogens with zero attached hydrogens (tertiary/aromatic N) is 1. The number of anilines is 1. The Hall–Kier alpha value is -1.51. The number of imide groups is 1. The van der Waals surface area contributed by atoms with Crippen molar-refractivity contribution in [3.63, 3.8) is 0 Å². The van der Waals surface area contributed by atoms with Gasteiger partial charge in [0, 0.05) is 14.3 Å². The second-order valence-corrected chi connectivity index (χ2v) is 7.68. The number of hydrogen-bond acceptors (Lipinski definition) is 4. The molecule has 24 heavy (non-hydrogen) atoms. The summed E-state index contributed by atoms with van der Waals surface area (Å²) in [7, 11) is 0. The van der Waals surface area contributed by atoms with E-state index in [1.54, 1.807) is 30.3 Å². The Morgan fingerprint density at radius 2 is 1.75 bits per heavy atom. The first-order valence-corrected chi connectivity index (χ1v) is 9.30. The van der Waals surface area contributed by atoms with E-state index in [1.165, 1.54) is 4.90 Å². The van der Waals surface area contributed by atoms with Crippen LogP contribution in [0.15, 0.2) is 53.4 Å². The highest BCUT2D eigenvalue weighted by molar-refractivity contribution is 14.1. The van der Waals surface area contributed by atoms with Crippen LogP contribution in [0.5, 0.6) is 0 Å². The Kier molecular flexibility index (Phi) is 5.47. The smallest absolute Gasteiger partial charge is 0.295 e. The summed E-state index contributed by atoms with van der Waals surface area (Å²) in [6.07, 6.45) is 1.70. The van der Waals surface area contributed by atoms with E-state index >= 15 is 0 Å². The van der Waals surface area contributed by atoms with Gasteiger partial charge in [-0.2, -0.15) is 0 Å². The number of carbonyl (C=O) groups excluding carboxylic acids is 2. The zero-order chi connectivity index (χ0) is 17.1. The largest absolute Gasteiger partial charge is 0.367 e. The van der Waals surface area contributed by atoms with Gasteiger partial charge in [0.2, 0.25) is 0 Å². The van der Waals surface area contributed by atoms with Crippen molar-refractivity contribution < 1.29 is 9.59 Å². The lowest BCUT2D eigenvalue weighted by Gasteiger charge is -2.14. The topological polar surface area (TPSA) is 49.4 Å². The molecule has 1 heterocycles. The van der Waals surface area contributed by atoms with Crippen LogP contribution >= 0.6 is 46.0 Å². The van der Waals surface area contributed by atoms with Crippen LogP contribution in [-0.4, -0.2) is 22.7 Å². The van der Waals surface area contributed by atoms with Gasteiger partial charge in [0.1, 0.15) is 0 Å². The Balaban J connectivity index is 1.69. The first-order valence-electron chi connectivity index (χ1n) is 7.03. The standard InChI is InChI=1S/C17H12ClIN2O2S/c18-12-3-1-11(2-4-12)9-15-16(22)21(17(23)24-15)10-20-14-7-5-13(19)6-8-14/h1-9,20H,10H2/b15-9+. The van der Waals surface area contributed by atoms with Gasteiger partial charge >= 0.3 is 0 Å². The lowest BCUT2D eigenvalue weighted by molar-refractivity contribution is -0.122. The Morgan fingerprint density at radius 1 is 1.08 bits per heavy atom. The molecule has 1 N–H and O–H groups in total. The van der Waals surface area contributed by atoms with Crippen LogP contribution in [0.1, 0.15) is 5.56 Å². The molecule has 0 bridgehead atoms. The molecule has 0 radical (unpaired) electrons. The lowest BCUT2D eigenvalue weighted by Crippen LogP contribution is -2.33. The molecule has 0 saturated carbocycles. The third kappa shape index (κ3) is 4.12. The summed E-state index contributed by atoms with van der Waals surface area (Å²) in [5.41, 5.74) is 1.69. The molecule has 1 aliphatic heterocycles. The van der Waals surface area contributed by atoms with Crippen LogP contribution in [0.3, 0.4) is 0 Å². The maximum atomic E-state index is 12.4. The van der Waals surface area contributed by atoms with E-state index in [1.807, 2.05) is 24.3 Å². The molecule has 0 spiro atoms. The summed E-state index contributed by atoms with van der Waals surface area (Å²) < 4.78 is 1.12. The maximum absolute atomic E-state index is 12.4. The van der Waals surface area contributed by atoms with Gasteiger partial charge in [-0.15, -0.1) is 0 Å². The summed E-state index contributed by atoms with van der Waals surface area (Å²) in [5.74, 6) is -0.294. The fraction of sp³-hybridized carbons (Fsp3) is 0.0588. The molecule has 7 heteroatoms. The highest BCUT2D eigenvalue weighted by atomic mass is 127. The summed E-state index contributed by atoms with van der Waals surface area (Å²) in [6, 6.07) is 14.8. The van der Waals surface area contributed by atoms with Gasteiger partial charge in [-0.1, -0.05) is 23.7 Å². The van der Waals surface area contributed by atoms with Gasteiger partial charge in [-0.25, -0.2) is 0 Å². The molecule has 122 valence electrons. The van der Waals surface area contributed by atoms with Crippen molar-refractivity contribution >= 4 is 68.9 Å². The third-order valence-corrected chi connectivity index (χ3v) is 5.21.